The van der Waals surface area contributed by atoms with E-state index in [-0.39, 0.29) is 23.4 Å². The molecule has 36 heavy (non-hydrogen) atoms. The van der Waals surface area contributed by atoms with Crippen LogP contribution in [0.1, 0.15) is 25.2 Å². The van der Waals surface area contributed by atoms with Gasteiger partial charge in [-0.1, -0.05) is 0 Å². The Morgan fingerprint density at radius 3 is 2.58 bits per heavy atom. The molecule has 9 nitrogen and oxygen atoms in total. The number of piperazine rings is 1. The van der Waals surface area contributed by atoms with Gasteiger partial charge in [-0.2, -0.15) is 5.10 Å². The number of anilines is 1. The van der Waals surface area contributed by atoms with Crippen molar-refractivity contribution in [3.63, 3.8) is 0 Å². The van der Waals surface area contributed by atoms with Crippen LogP contribution >= 0.6 is 0 Å². The molecule has 1 saturated heterocycles. The number of amidine groups is 1. The number of nitrogens with one attached hydrogen (secondary N) is 3. The Hall–Kier alpha value is -3.73. The van der Waals surface area contributed by atoms with E-state index in [1.807, 2.05) is 13.0 Å². The molecule has 0 saturated carbocycles. The number of H-pyrrole nitrogens is 2. The number of aryl methyl sites for hydroxylation is 2. The number of aliphatic imine (C=N–C) groups is 2. The number of rotatable bonds is 8. The summed E-state index contributed by atoms with van der Waals surface area (Å²) in [6, 6.07) is 4.89. The van der Waals surface area contributed by atoms with E-state index in [0.717, 1.165) is 37.9 Å². The highest BCUT2D eigenvalue weighted by molar-refractivity contribution is 5.94. The first-order valence-electron chi connectivity index (χ1n) is 11.9. The fourth-order valence-electron chi connectivity index (χ4n) is 4.17. The van der Waals surface area contributed by atoms with E-state index in [4.69, 9.17) is 4.74 Å². The maximum absolute atomic E-state index is 14.9. The number of hydrogen-bond donors (Lipinski definition) is 3. The molecule has 0 radical (unpaired) electrons. The monoisotopic (exact) mass is 498 g/mol. The number of aromatic nitrogens is 3. The van der Waals surface area contributed by atoms with Crippen LogP contribution in [0, 0.1) is 25.5 Å². The predicted molar refractivity (Wildman–Crippen MR) is 139 cm³/mol. The highest BCUT2D eigenvalue weighted by Crippen LogP contribution is 2.29. The lowest BCUT2D eigenvalue weighted by molar-refractivity contribution is 0.148. The first-order chi connectivity index (χ1) is 17.2. The zero-order chi connectivity index (χ0) is 25.8. The van der Waals surface area contributed by atoms with Gasteiger partial charge in [0.15, 0.2) is 29.9 Å². The normalized spacial score (nSPS) is 15.7. The van der Waals surface area contributed by atoms with Gasteiger partial charge in [0.05, 0.1) is 5.52 Å². The van der Waals surface area contributed by atoms with E-state index in [2.05, 4.69) is 60.8 Å². The van der Waals surface area contributed by atoms with Crippen molar-refractivity contribution in [2.75, 3.05) is 38.2 Å². The SMILES string of the molecule is C=N/C(=C\C(=N/COc1cc(F)c2[nH]c(C)cc2c1F)N1CCN(C(C)C)CC1)Nc1cc(C)[nH]n1. The van der Waals surface area contributed by atoms with Crippen LogP contribution in [0.25, 0.3) is 10.9 Å². The number of benzene rings is 1. The molecular weight excluding hydrogens is 466 g/mol. The van der Waals surface area contributed by atoms with Gasteiger partial charge in [-0.15, -0.1) is 0 Å². The van der Waals surface area contributed by atoms with Crippen molar-refractivity contribution >= 4 is 29.3 Å². The van der Waals surface area contributed by atoms with E-state index < -0.39 is 11.6 Å². The molecule has 3 heterocycles. The lowest BCUT2D eigenvalue weighted by Crippen LogP contribution is -2.50. The van der Waals surface area contributed by atoms with Gasteiger partial charge in [0.1, 0.15) is 11.7 Å². The van der Waals surface area contributed by atoms with Gasteiger partial charge in [0.25, 0.3) is 0 Å². The molecule has 0 aliphatic carbocycles. The van der Waals surface area contributed by atoms with Crippen molar-refractivity contribution in [3.8, 4) is 5.75 Å². The van der Waals surface area contributed by atoms with Gasteiger partial charge in [-0.25, -0.2) is 18.8 Å². The second-order valence-corrected chi connectivity index (χ2v) is 9.07. The van der Waals surface area contributed by atoms with Crippen LogP contribution in [0.5, 0.6) is 5.75 Å². The second kappa shape index (κ2) is 10.9. The minimum absolute atomic E-state index is 0.119. The molecular formula is C25H32F2N8O. The fraction of sp³-hybridized carbons (Fsp3) is 0.400. The Kier molecular flexibility index (Phi) is 7.68. The fourth-order valence-corrected chi connectivity index (χ4v) is 4.17. The van der Waals surface area contributed by atoms with E-state index in [0.29, 0.717) is 29.2 Å². The molecule has 0 spiro atoms. The lowest BCUT2D eigenvalue weighted by Gasteiger charge is -2.38. The quantitative estimate of drug-likeness (QED) is 0.320. The van der Waals surface area contributed by atoms with E-state index >= 15 is 0 Å². The summed E-state index contributed by atoms with van der Waals surface area (Å²) in [6.07, 6.45) is 1.75. The van der Waals surface area contributed by atoms with Crippen LogP contribution < -0.4 is 10.1 Å². The topological polar surface area (TPSA) is 96.9 Å². The summed E-state index contributed by atoms with van der Waals surface area (Å²) in [6.45, 7) is 14.7. The van der Waals surface area contributed by atoms with Gasteiger partial charge in [-0.3, -0.25) is 10.00 Å². The summed E-state index contributed by atoms with van der Waals surface area (Å²) in [5.41, 5.74) is 1.68. The molecule has 1 aliphatic rings. The van der Waals surface area contributed by atoms with Gasteiger partial charge >= 0.3 is 0 Å². The first kappa shape index (κ1) is 25.4. The van der Waals surface area contributed by atoms with Crippen molar-refractivity contribution in [1.29, 1.82) is 0 Å². The lowest BCUT2D eigenvalue weighted by atomic mass is 10.2. The number of aromatic amines is 2. The van der Waals surface area contributed by atoms with E-state index in [1.165, 1.54) is 0 Å². The number of ether oxygens (including phenoxy) is 1. The van der Waals surface area contributed by atoms with Crippen LogP contribution in [-0.4, -0.2) is 76.5 Å². The number of fused-ring (bicyclic) bond motifs is 1. The summed E-state index contributed by atoms with van der Waals surface area (Å²) < 4.78 is 35.0. The molecule has 4 rings (SSSR count). The largest absolute Gasteiger partial charge is 0.468 e. The average molecular weight is 499 g/mol. The number of hydrogen-bond acceptors (Lipinski definition) is 6. The predicted octanol–water partition coefficient (Wildman–Crippen LogP) is 4.20. The first-order valence-corrected chi connectivity index (χ1v) is 11.9. The third kappa shape index (κ3) is 5.73. The average Bonchev–Trinajstić information content (AvgIpc) is 3.46. The van der Waals surface area contributed by atoms with Crippen molar-refractivity contribution in [3.05, 3.63) is 53.1 Å². The van der Waals surface area contributed by atoms with Gasteiger partial charge < -0.3 is 19.9 Å². The highest BCUT2D eigenvalue weighted by atomic mass is 19.1. The van der Waals surface area contributed by atoms with Gasteiger partial charge in [-0.05, 0) is 40.5 Å². The zero-order valence-electron chi connectivity index (χ0n) is 21.0. The second-order valence-electron chi connectivity index (χ2n) is 9.07. The molecule has 11 heteroatoms. The highest BCUT2D eigenvalue weighted by Gasteiger charge is 2.21. The zero-order valence-corrected chi connectivity index (χ0v) is 21.0. The van der Waals surface area contributed by atoms with Crippen LogP contribution in [0.15, 0.2) is 40.1 Å². The maximum Gasteiger partial charge on any atom is 0.181 e. The van der Waals surface area contributed by atoms with Crippen molar-refractivity contribution < 1.29 is 13.5 Å². The number of nitrogens with zero attached hydrogens (tertiary/aromatic N) is 5. The molecule has 3 N–H and O–H groups in total. The molecule has 0 unspecified atom stereocenters. The Morgan fingerprint density at radius 1 is 1.19 bits per heavy atom. The molecule has 1 aliphatic heterocycles. The minimum atomic E-state index is -0.627. The van der Waals surface area contributed by atoms with Crippen molar-refractivity contribution in [2.24, 2.45) is 9.98 Å². The van der Waals surface area contributed by atoms with Crippen LogP contribution in [0.3, 0.4) is 0 Å². The molecule has 2 aromatic heterocycles. The van der Waals surface area contributed by atoms with Gasteiger partial charge in [0.2, 0.25) is 0 Å². The third-order valence-electron chi connectivity index (χ3n) is 6.12. The van der Waals surface area contributed by atoms with Crippen molar-refractivity contribution in [2.45, 2.75) is 33.7 Å². The minimum Gasteiger partial charge on any atom is -0.468 e. The van der Waals surface area contributed by atoms with Gasteiger partial charge in [0, 0.05) is 67.2 Å². The van der Waals surface area contributed by atoms with Crippen LogP contribution in [0.4, 0.5) is 14.6 Å². The Bertz CT molecular complexity index is 1280. The maximum atomic E-state index is 14.9. The molecule has 192 valence electrons. The molecule has 0 amide bonds. The Morgan fingerprint density at radius 2 is 1.94 bits per heavy atom. The van der Waals surface area contributed by atoms with E-state index in [1.54, 1.807) is 19.1 Å². The standard InChI is InChI=1S/C25H32F2N8O/c1-15(2)34-6-8-35(9-7-34)23(13-21(28-5)31-22-11-17(4)32-33-22)29-14-36-20-12-19(26)25-18(24(20)27)10-16(3)30-25/h10-13,15,30H,5-9,14H2,1-4H3,(H2,31,32,33)/b21-13+,29-23+. The van der Waals surface area contributed by atoms with Crippen LogP contribution in [-0.2, 0) is 0 Å². The van der Waals surface area contributed by atoms with Crippen LogP contribution in [0.2, 0.25) is 0 Å². The van der Waals surface area contributed by atoms with Crippen molar-refractivity contribution in [1.82, 2.24) is 25.0 Å². The molecule has 0 atom stereocenters. The molecule has 1 aromatic carbocycles. The summed E-state index contributed by atoms with van der Waals surface area (Å²) in [4.78, 5) is 16.0. The summed E-state index contributed by atoms with van der Waals surface area (Å²) in [5.74, 6) is 0.243. The molecule has 3 aromatic rings. The molecule has 0 bridgehead atoms. The Labute approximate surface area is 208 Å². The summed E-state index contributed by atoms with van der Waals surface area (Å²) in [7, 11) is 0. The Balaban J connectivity index is 1.57. The number of halogens is 2. The smallest absolute Gasteiger partial charge is 0.181 e. The summed E-state index contributed by atoms with van der Waals surface area (Å²) in [5, 5.41) is 10.3. The van der Waals surface area contributed by atoms with E-state index in [9.17, 15) is 8.78 Å². The third-order valence-corrected chi connectivity index (χ3v) is 6.12. The summed E-state index contributed by atoms with van der Waals surface area (Å²) >= 11 is 0. The molecule has 1 fully saturated rings.